The maximum atomic E-state index is 11.0. The Morgan fingerprint density at radius 3 is 3.24 bits per heavy atom. The number of rotatable bonds is 3. The second-order valence-electron chi connectivity index (χ2n) is 5.40. The average Bonchev–Trinajstić information content (AvgIpc) is 2.93. The first-order valence-corrected chi connectivity index (χ1v) is 6.70. The molecule has 3 atom stereocenters. The summed E-state index contributed by atoms with van der Waals surface area (Å²) in [6.45, 7) is 6.29. The van der Waals surface area contributed by atoms with Crippen LogP contribution >= 0.6 is 0 Å². The van der Waals surface area contributed by atoms with E-state index in [-0.39, 0.29) is 0 Å². The minimum atomic E-state index is -0.689. The van der Waals surface area contributed by atoms with E-state index in [4.69, 9.17) is 0 Å². The standard InChI is InChI=1S/C13H21N3O/c1-2-6-16-9-5-14-12(16)13(17)4-8-15-7-3-11(13)10-15/h5,9,11,17H,2-4,6-8,10H2,1H3. The van der Waals surface area contributed by atoms with E-state index in [0.29, 0.717) is 5.92 Å². The van der Waals surface area contributed by atoms with E-state index >= 15 is 0 Å². The highest BCUT2D eigenvalue weighted by molar-refractivity contribution is 5.12. The van der Waals surface area contributed by atoms with Gasteiger partial charge in [-0.3, -0.25) is 0 Å². The zero-order chi connectivity index (χ0) is 11.9. The van der Waals surface area contributed by atoms with Crippen LogP contribution in [-0.4, -0.2) is 39.2 Å². The summed E-state index contributed by atoms with van der Waals surface area (Å²) in [6, 6.07) is 0. The highest BCUT2D eigenvalue weighted by atomic mass is 16.3. The molecule has 0 amide bonds. The molecular weight excluding hydrogens is 214 g/mol. The van der Waals surface area contributed by atoms with Crippen LogP contribution in [0.4, 0.5) is 0 Å². The van der Waals surface area contributed by atoms with Crippen LogP contribution in [0.25, 0.3) is 0 Å². The van der Waals surface area contributed by atoms with E-state index in [9.17, 15) is 5.11 Å². The van der Waals surface area contributed by atoms with Crippen LogP contribution in [0.15, 0.2) is 12.4 Å². The molecule has 0 radical (unpaired) electrons. The van der Waals surface area contributed by atoms with E-state index in [2.05, 4.69) is 21.4 Å². The molecule has 0 aromatic carbocycles. The Morgan fingerprint density at radius 2 is 2.41 bits per heavy atom. The van der Waals surface area contributed by atoms with Gasteiger partial charge in [0.15, 0.2) is 0 Å². The summed E-state index contributed by atoms with van der Waals surface area (Å²) in [7, 11) is 0. The zero-order valence-electron chi connectivity index (χ0n) is 10.5. The van der Waals surface area contributed by atoms with Crippen LogP contribution in [0.1, 0.15) is 32.0 Å². The summed E-state index contributed by atoms with van der Waals surface area (Å²) in [5, 5.41) is 11.0. The molecule has 1 N–H and O–H groups in total. The fourth-order valence-electron chi connectivity index (χ4n) is 3.36. The van der Waals surface area contributed by atoms with Crippen molar-refractivity contribution in [3.8, 4) is 0 Å². The molecule has 17 heavy (non-hydrogen) atoms. The maximum Gasteiger partial charge on any atom is 0.141 e. The Kier molecular flexibility index (Phi) is 2.71. The van der Waals surface area contributed by atoms with Crippen molar-refractivity contribution < 1.29 is 5.11 Å². The van der Waals surface area contributed by atoms with Gasteiger partial charge in [-0.25, -0.2) is 4.98 Å². The zero-order valence-corrected chi connectivity index (χ0v) is 10.5. The van der Waals surface area contributed by atoms with E-state index < -0.39 is 5.60 Å². The van der Waals surface area contributed by atoms with Gasteiger partial charge in [-0.15, -0.1) is 0 Å². The Hall–Kier alpha value is -0.870. The molecule has 1 aromatic rings. The minimum absolute atomic E-state index is 0.370. The second-order valence-corrected chi connectivity index (χ2v) is 5.40. The molecule has 1 aromatic heterocycles. The predicted octanol–water partition coefficient (Wildman–Crippen LogP) is 1.21. The van der Waals surface area contributed by atoms with E-state index in [0.717, 1.165) is 51.3 Å². The normalized spacial score (nSPS) is 36.4. The minimum Gasteiger partial charge on any atom is -0.382 e. The number of aliphatic hydroxyl groups is 1. The van der Waals surface area contributed by atoms with Crippen molar-refractivity contribution in [2.75, 3.05) is 19.6 Å². The lowest BCUT2D eigenvalue weighted by Crippen LogP contribution is -2.45. The summed E-state index contributed by atoms with van der Waals surface area (Å²) in [5.74, 6) is 1.26. The molecule has 2 fully saturated rings. The molecule has 2 aliphatic rings. The lowest BCUT2D eigenvalue weighted by atomic mass is 9.81. The van der Waals surface area contributed by atoms with Crippen LogP contribution < -0.4 is 0 Å². The number of hydrogen-bond acceptors (Lipinski definition) is 3. The summed E-state index contributed by atoms with van der Waals surface area (Å²) < 4.78 is 2.13. The van der Waals surface area contributed by atoms with Gasteiger partial charge in [0.25, 0.3) is 0 Å². The average molecular weight is 235 g/mol. The number of imidazole rings is 1. The molecule has 4 nitrogen and oxygen atoms in total. The molecule has 4 heteroatoms. The number of hydrogen-bond donors (Lipinski definition) is 1. The molecular formula is C13H21N3O. The van der Waals surface area contributed by atoms with Gasteiger partial charge in [-0.1, -0.05) is 6.92 Å². The molecule has 3 heterocycles. The Morgan fingerprint density at radius 1 is 1.53 bits per heavy atom. The summed E-state index contributed by atoms with van der Waals surface area (Å²) in [5.41, 5.74) is -0.689. The Labute approximate surface area is 102 Å². The van der Waals surface area contributed by atoms with Crippen LogP contribution in [0.3, 0.4) is 0 Å². The van der Waals surface area contributed by atoms with Gasteiger partial charge in [0.1, 0.15) is 11.4 Å². The quantitative estimate of drug-likeness (QED) is 0.856. The lowest BCUT2D eigenvalue weighted by Gasteiger charge is -2.38. The molecule has 2 saturated heterocycles. The third-order valence-corrected chi connectivity index (χ3v) is 4.32. The number of fused-ring (bicyclic) bond motifs is 2. The van der Waals surface area contributed by atoms with Gasteiger partial charge in [0, 0.05) is 37.9 Å². The van der Waals surface area contributed by atoms with Crippen molar-refractivity contribution in [1.29, 1.82) is 0 Å². The summed E-state index contributed by atoms with van der Waals surface area (Å²) in [6.07, 6.45) is 6.84. The monoisotopic (exact) mass is 235 g/mol. The van der Waals surface area contributed by atoms with Crippen LogP contribution in [0, 0.1) is 5.92 Å². The molecule has 94 valence electrons. The topological polar surface area (TPSA) is 41.3 Å². The fourth-order valence-corrected chi connectivity index (χ4v) is 3.36. The molecule has 3 rings (SSSR count). The largest absolute Gasteiger partial charge is 0.382 e. The first-order chi connectivity index (χ1) is 8.24. The third kappa shape index (κ3) is 1.70. The molecule has 3 unspecified atom stereocenters. The highest BCUT2D eigenvalue weighted by Crippen LogP contribution is 2.41. The predicted molar refractivity (Wildman–Crippen MR) is 65.6 cm³/mol. The molecule has 2 bridgehead atoms. The first-order valence-electron chi connectivity index (χ1n) is 6.70. The number of piperidine rings is 1. The van der Waals surface area contributed by atoms with E-state index in [1.54, 1.807) is 0 Å². The Bertz CT molecular complexity index is 403. The smallest absolute Gasteiger partial charge is 0.141 e. The van der Waals surface area contributed by atoms with E-state index in [1.165, 1.54) is 0 Å². The van der Waals surface area contributed by atoms with Crippen molar-refractivity contribution in [3.63, 3.8) is 0 Å². The third-order valence-electron chi connectivity index (χ3n) is 4.32. The van der Waals surface area contributed by atoms with Crippen molar-refractivity contribution in [2.24, 2.45) is 5.92 Å². The van der Waals surface area contributed by atoms with Gasteiger partial charge >= 0.3 is 0 Å². The lowest BCUT2D eigenvalue weighted by molar-refractivity contribution is -0.0599. The van der Waals surface area contributed by atoms with Crippen molar-refractivity contribution >= 4 is 0 Å². The molecule has 0 spiro atoms. The van der Waals surface area contributed by atoms with Gasteiger partial charge in [-0.05, 0) is 25.8 Å². The van der Waals surface area contributed by atoms with Crippen LogP contribution in [0.5, 0.6) is 0 Å². The van der Waals surface area contributed by atoms with Gasteiger partial charge in [0.2, 0.25) is 0 Å². The van der Waals surface area contributed by atoms with Crippen molar-refractivity contribution in [1.82, 2.24) is 14.5 Å². The molecule has 2 aliphatic heterocycles. The van der Waals surface area contributed by atoms with Crippen molar-refractivity contribution in [3.05, 3.63) is 18.2 Å². The van der Waals surface area contributed by atoms with Crippen LogP contribution in [-0.2, 0) is 12.1 Å². The number of aryl methyl sites for hydroxylation is 1. The Balaban J connectivity index is 1.93. The van der Waals surface area contributed by atoms with Crippen molar-refractivity contribution in [2.45, 2.75) is 38.3 Å². The number of aromatic nitrogens is 2. The second kappa shape index (κ2) is 4.10. The first kappa shape index (κ1) is 11.2. The van der Waals surface area contributed by atoms with Crippen LogP contribution in [0.2, 0.25) is 0 Å². The maximum absolute atomic E-state index is 11.0. The van der Waals surface area contributed by atoms with E-state index in [1.807, 2.05) is 12.4 Å². The summed E-state index contributed by atoms with van der Waals surface area (Å²) in [4.78, 5) is 6.89. The molecule has 0 aliphatic carbocycles. The SMILES string of the molecule is CCCn1ccnc1C1(O)CCN2CCC1C2. The fraction of sp³-hybridized carbons (Fsp3) is 0.769. The van der Waals surface area contributed by atoms with Gasteiger partial charge < -0.3 is 14.6 Å². The summed E-state index contributed by atoms with van der Waals surface area (Å²) >= 11 is 0. The van der Waals surface area contributed by atoms with Gasteiger partial charge in [-0.2, -0.15) is 0 Å². The highest BCUT2D eigenvalue weighted by Gasteiger charge is 2.48. The number of nitrogens with zero attached hydrogens (tertiary/aromatic N) is 3. The molecule has 0 saturated carbocycles. The van der Waals surface area contributed by atoms with Gasteiger partial charge in [0.05, 0.1) is 0 Å².